The topological polar surface area (TPSA) is 73.0 Å². The fraction of sp³-hybridized carbons (Fsp3) is 0.667. The number of piperidine rings is 1. The Morgan fingerprint density at radius 3 is 2.38 bits per heavy atom. The molecule has 0 aromatic heterocycles. The standard InChI is InChI=1S/C27H42N4O3/c1-28-27(34)25(10-7-17-32)31(20-33)24-12-11-23(18-26(24)29(2)3)22-13-15-30(16-14-22)19-21-8-5-4-6-9-21/h11-12,17-18,20-22,25H,4-10,13-16,19H2,1-3H3,(H,28,34). The number of anilines is 2. The fourth-order valence-electron chi connectivity index (χ4n) is 5.64. The summed E-state index contributed by atoms with van der Waals surface area (Å²) >= 11 is 0. The number of carbonyl (C=O) groups excluding carboxylic acids is 3. The maximum Gasteiger partial charge on any atom is 0.242 e. The molecule has 1 aliphatic heterocycles. The van der Waals surface area contributed by atoms with Gasteiger partial charge in [-0.05, 0) is 74.7 Å². The summed E-state index contributed by atoms with van der Waals surface area (Å²) < 4.78 is 0. The molecule has 1 aromatic rings. The first kappa shape index (κ1) is 26.2. The second kappa shape index (κ2) is 12.9. The molecule has 188 valence electrons. The summed E-state index contributed by atoms with van der Waals surface area (Å²) in [6.45, 7) is 3.54. The highest BCUT2D eigenvalue weighted by molar-refractivity contribution is 5.95. The molecule has 1 saturated carbocycles. The molecule has 34 heavy (non-hydrogen) atoms. The van der Waals surface area contributed by atoms with Gasteiger partial charge in [-0.15, -0.1) is 0 Å². The van der Waals surface area contributed by atoms with Crippen LogP contribution < -0.4 is 15.1 Å². The zero-order chi connectivity index (χ0) is 24.5. The predicted molar refractivity (Wildman–Crippen MR) is 137 cm³/mol. The summed E-state index contributed by atoms with van der Waals surface area (Å²) in [7, 11) is 5.47. The van der Waals surface area contributed by atoms with Crippen LogP contribution in [0.5, 0.6) is 0 Å². The minimum absolute atomic E-state index is 0.219. The van der Waals surface area contributed by atoms with Crippen LogP contribution in [0.25, 0.3) is 0 Å². The summed E-state index contributed by atoms with van der Waals surface area (Å²) in [6, 6.07) is 5.53. The lowest BCUT2D eigenvalue weighted by Crippen LogP contribution is -2.46. The smallest absolute Gasteiger partial charge is 0.242 e. The number of benzene rings is 1. The molecule has 2 amide bonds. The Hall–Kier alpha value is -2.41. The molecule has 2 fully saturated rings. The number of rotatable bonds is 11. The van der Waals surface area contributed by atoms with Crippen LogP contribution in [0.1, 0.15) is 69.3 Å². The molecule has 1 heterocycles. The molecule has 0 bridgehead atoms. The average Bonchev–Trinajstić information content (AvgIpc) is 2.87. The largest absolute Gasteiger partial charge is 0.376 e. The number of likely N-dealkylation sites (tertiary alicyclic amines) is 1. The molecule has 0 spiro atoms. The quantitative estimate of drug-likeness (QED) is 0.501. The third-order valence-corrected chi connectivity index (χ3v) is 7.62. The summed E-state index contributed by atoms with van der Waals surface area (Å²) in [5.41, 5.74) is 2.90. The number of nitrogens with zero attached hydrogens (tertiary/aromatic N) is 3. The highest BCUT2D eigenvalue weighted by Gasteiger charge is 2.29. The van der Waals surface area contributed by atoms with Crippen molar-refractivity contribution in [2.75, 3.05) is 50.6 Å². The second-order valence-corrected chi connectivity index (χ2v) is 10.1. The first-order chi connectivity index (χ1) is 16.5. The summed E-state index contributed by atoms with van der Waals surface area (Å²) in [5.74, 6) is 1.12. The third kappa shape index (κ3) is 6.59. The summed E-state index contributed by atoms with van der Waals surface area (Å²) in [5, 5.41) is 2.63. The van der Waals surface area contributed by atoms with Crippen molar-refractivity contribution in [1.82, 2.24) is 10.2 Å². The molecule has 7 nitrogen and oxygen atoms in total. The number of likely N-dealkylation sites (N-methyl/N-ethyl adjacent to an activating group) is 1. The Bertz CT molecular complexity index is 814. The van der Waals surface area contributed by atoms with E-state index < -0.39 is 6.04 Å². The number of hydrogen-bond donors (Lipinski definition) is 1. The molecule has 1 aromatic carbocycles. The molecular formula is C27H42N4O3. The van der Waals surface area contributed by atoms with Gasteiger partial charge in [-0.1, -0.05) is 25.3 Å². The van der Waals surface area contributed by atoms with Crippen LogP contribution in [0.4, 0.5) is 11.4 Å². The second-order valence-electron chi connectivity index (χ2n) is 10.1. The van der Waals surface area contributed by atoms with Gasteiger partial charge < -0.3 is 24.8 Å². The molecular weight excluding hydrogens is 428 g/mol. The van der Waals surface area contributed by atoms with Crippen molar-refractivity contribution in [3.8, 4) is 0 Å². The lowest BCUT2D eigenvalue weighted by Gasteiger charge is -2.36. The monoisotopic (exact) mass is 470 g/mol. The Morgan fingerprint density at radius 1 is 1.09 bits per heavy atom. The predicted octanol–water partition coefficient (Wildman–Crippen LogP) is 3.57. The minimum atomic E-state index is -0.722. The zero-order valence-corrected chi connectivity index (χ0v) is 21.2. The lowest BCUT2D eigenvalue weighted by atomic mass is 9.86. The molecule has 2 aliphatic rings. The van der Waals surface area contributed by atoms with Gasteiger partial charge in [0.15, 0.2) is 0 Å². The molecule has 1 atom stereocenters. The Kier molecular flexibility index (Phi) is 9.93. The van der Waals surface area contributed by atoms with Crippen molar-refractivity contribution in [3.05, 3.63) is 23.8 Å². The normalized spacial score (nSPS) is 18.8. The van der Waals surface area contributed by atoms with Crippen molar-refractivity contribution >= 4 is 30.0 Å². The number of amides is 2. The maximum absolute atomic E-state index is 12.5. The van der Waals surface area contributed by atoms with Crippen LogP contribution in [0.3, 0.4) is 0 Å². The highest BCUT2D eigenvalue weighted by Crippen LogP contribution is 2.36. The van der Waals surface area contributed by atoms with Crippen molar-refractivity contribution < 1.29 is 14.4 Å². The van der Waals surface area contributed by atoms with E-state index in [1.165, 1.54) is 49.1 Å². The minimum Gasteiger partial charge on any atom is -0.376 e. The van der Waals surface area contributed by atoms with E-state index in [0.29, 0.717) is 18.0 Å². The van der Waals surface area contributed by atoms with E-state index in [-0.39, 0.29) is 18.7 Å². The van der Waals surface area contributed by atoms with Gasteiger partial charge in [0.2, 0.25) is 12.3 Å². The van der Waals surface area contributed by atoms with Crippen molar-refractivity contribution in [2.45, 2.75) is 69.7 Å². The van der Waals surface area contributed by atoms with Crippen LogP contribution in [0.2, 0.25) is 0 Å². The van der Waals surface area contributed by atoms with Crippen LogP contribution in [-0.4, -0.2) is 70.3 Å². The van der Waals surface area contributed by atoms with Crippen LogP contribution >= 0.6 is 0 Å². The average molecular weight is 471 g/mol. The van der Waals surface area contributed by atoms with Crippen LogP contribution in [0.15, 0.2) is 18.2 Å². The number of carbonyl (C=O) groups is 3. The van der Waals surface area contributed by atoms with E-state index in [2.05, 4.69) is 22.3 Å². The van der Waals surface area contributed by atoms with Gasteiger partial charge in [0, 0.05) is 34.1 Å². The molecule has 3 rings (SSSR count). The van der Waals surface area contributed by atoms with Gasteiger partial charge in [-0.25, -0.2) is 0 Å². The Balaban J connectivity index is 1.73. The van der Waals surface area contributed by atoms with Gasteiger partial charge in [-0.3, -0.25) is 9.59 Å². The highest BCUT2D eigenvalue weighted by atomic mass is 16.2. The van der Waals surface area contributed by atoms with E-state index in [1.54, 1.807) is 7.05 Å². The van der Waals surface area contributed by atoms with Gasteiger partial charge in [0.05, 0.1) is 11.4 Å². The van der Waals surface area contributed by atoms with Crippen LogP contribution in [-0.2, 0) is 14.4 Å². The summed E-state index contributed by atoms with van der Waals surface area (Å²) in [6.07, 6.45) is 11.3. The lowest BCUT2D eigenvalue weighted by molar-refractivity contribution is -0.123. The van der Waals surface area contributed by atoms with Gasteiger partial charge in [-0.2, -0.15) is 0 Å². The zero-order valence-electron chi connectivity index (χ0n) is 21.2. The fourth-order valence-corrected chi connectivity index (χ4v) is 5.64. The first-order valence-electron chi connectivity index (χ1n) is 12.9. The maximum atomic E-state index is 12.5. The molecule has 1 aliphatic carbocycles. The molecule has 1 N–H and O–H groups in total. The molecule has 1 saturated heterocycles. The molecule has 0 radical (unpaired) electrons. The molecule has 7 heteroatoms. The Morgan fingerprint density at radius 2 is 1.79 bits per heavy atom. The van der Waals surface area contributed by atoms with Crippen molar-refractivity contribution in [3.63, 3.8) is 0 Å². The molecule has 1 unspecified atom stereocenters. The number of nitrogens with one attached hydrogen (secondary N) is 1. The van der Waals surface area contributed by atoms with Crippen LogP contribution in [0, 0.1) is 5.92 Å². The van der Waals surface area contributed by atoms with Gasteiger partial charge >= 0.3 is 0 Å². The van der Waals surface area contributed by atoms with Crippen molar-refractivity contribution in [2.24, 2.45) is 5.92 Å². The van der Waals surface area contributed by atoms with E-state index in [9.17, 15) is 14.4 Å². The van der Waals surface area contributed by atoms with E-state index >= 15 is 0 Å². The van der Waals surface area contributed by atoms with E-state index in [1.807, 2.05) is 25.1 Å². The Labute approximate surface area is 204 Å². The number of hydrogen-bond acceptors (Lipinski definition) is 5. The number of aldehydes is 1. The van der Waals surface area contributed by atoms with Gasteiger partial charge in [0.1, 0.15) is 12.3 Å². The van der Waals surface area contributed by atoms with E-state index in [4.69, 9.17) is 0 Å². The third-order valence-electron chi connectivity index (χ3n) is 7.62. The SMILES string of the molecule is CNC(=O)C(CCC=O)N(C=O)c1ccc(C2CCN(CC3CCCCC3)CC2)cc1N(C)C. The first-order valence-corrected chi connectivity index (χ1v) is 12.9. The van der Waals surface area contributed by atoms with E-state index in [0.717, 1.165) is 43.8 Å². The van der Waals surface area contributed by atoms with Crippen molar-refractivity contribution in [1.29, 1.82) is 0 Å². The summed E-state index contributed by atoms with van der Waals surface area (Å²) in [4.78, 5) is 41.7. The van der Waals surface area contributed by atoms with Gasteiger partial charge in [0.25, 0.3) is 0 Å².